The Labute approximate surface area is 150 Å². The van der Waals surface area contributed by atoms with Crippen LogP contribution in [0.4, 0.5) is 0 Å². The molecule has 2 heterocycles. The molecule has 1 saturated carbocycles. The Kier molecular flexibility index (Phi) is 4.16. The van der Waals surface area contributed by atoms with Gasteiger partial charge in [0.1, 0.15) is 0 Å². The number of ether oxygens (including phenoxy) is 1. The van der Waals surface area contributed by atoms with Crippen molar-refractivity contribution in [1.29, 1.82) is 0 Å². The van der Waals surface area contributed by atoms with Gasteiger partial charge in [-0.15, -0.1) is 0 Å². The molecule has 4 rings (SSSR count). The highest BCUT2D eigenvalue weighted by Gasteiger charge is 2.30. The summed E-state index contributed by atoms with van der Waals surface area (Å²) in [6, 6.07) is 11.0. The number of carbonyl (C=O) groups excluding carboxylic acids is 2. The first-order chi connectivity index (χ1) is 12.7. The third-order valence-electron chi connectivity index (χ3n) is 4.61. The normalized spacial score (nSPS) is 13.6. The number of esters is 1. The van der Waals surface area contributed by atoms with Gasteiger partial charge in [-0.05, 0) is 37.1 Å². The molecule has 6 heteroatoms. The van der Waals surface area contributed by atoms with Gasteiger partial charge in [-0.25, -0.2) is 4.79 Å². The Bertz CT molecular complexity index is 989. The zero-order valence-corrected chi connectivity index (χ0v) is 14.4. The summed E-state index contributed by atoms with van der Waals surface area (Å²) in [4.78, 5) is 32.1. The summed E-state index contributed by atoms with van der Waals surface area (Å²) in [5.74, 6) is -0.217. The maximum absolute atomic E-state index is 12.5. The number of hydrogen-bond donors (Lipinski definition) is 2. The first kappa shape index (κ1) is 16.3. The van der Waals surface area contributed by atoms with Crippen molar-refractivity contribution in [2.75, 3.05) is 7.11 Å². The minimum Gasteiger partial charge on any atom is -0.465 e. The maximum Gasteiger partial charge on any atom is 0.339 e. The molecule has 2 aromatic heterocycles. The van der Waals surface area contributed by atoms with Crippen LogP contribution in [0.2, 0.25) is 0 Å². The molecule has 1 aromatic carbocycles. The molecule has 0 saturated heterocycles. The zero-order valence-electron chi connectivity index (χ0n) is 14.4. The van der Waals surface area contributed by atoms with E-state index in [0.29, 0.717) is 23.6 Å². The molecule has 1 fully saturated rings. The van der Waals surface area contributed by atoms with Gasteiger partial charge in [0, 0.05) is 17.5 Å². The Morgan fingerprint density at radius 3 is 2.81 bits per heavy atom. The molecule has 0 unspecified atom stereocenters. The number of H-pyrrole nitrogens is 1. The molecule has 1 aliphatic carbocycles. The number of aromatic nitrogens is 2. The van der Waals surface area contributed by atoms with Crippen molar-refractivity contribution in [2.24, 2.45) is 0 Å². The first-order valence-electron chi connectivity index (χ1n) is 8.60. The first-order valence-corrected chi connectivity index (χ1v) is 8.60. The van der Waals surface area contributed by atoms with Crippen molar-refractivity contribution in [2.45, 2.75) is 25.3 Å². The molecule has 132 valence electrons. The van der Waals surface area contributed by atoms with E-state index >= 15 is 0 Å². The van der Waals surface area contributed by atoms with Gasteiger partial charge < -0.3 is 15.0 Å². The fourth-order valence-corrected chi connectivity index (χ4v) is 3.11. The summed E-state index contributed by atoms with van der Waals surface area (Å²) >= 11 is 0. The molecule has 2 N–H and O–H groups in total. The lowest BCUT2D eigenvalue weighted by Gasteiger charge is -2.10. The molecule has 0 aliphatic heterocycles. The Hall–Kier alpha value is -3.15. The average Bonchev–Trinajstić information content (AvgIpc) is 3.41. The minimum absolute atomic E-state index is 0.162. The number of hydrogen-bond acceptors (Lipinski definition) is 4. The lowest BCUT2D eigenvalue weighted by Crippen LogP contribution is -2.24. The molecule has 1 aliphatic rings. The lowest BCUT2D eigenvalue weighted by atomic mass is 10.1. The topological polar surface area (TPSA) is 84.1 Å². The van der Waals surface area contributed by atoms with Crippen LogP contribution in [-0.4, -0.2) is 29.0 Å². The number of benzene rings is 1. The average molecular weight is 349 g/mol. The van der Waals surface area contributed by atoms with E-state index in [1.165, 1.54) is 7.11 Å². The van der Waals surface area contributed by atoms with Crippen LogP contribution < -0.4 is 5.32 Å². The van der Waals surface area contributed by atoms with Gasteiger partial charge in [0.2, 0.25) is 0 Å². The summed E-state index contributed by atoms with van der Waals surface area (Å²) in [5, 5.41) is 3.90. The zero-order chi connectivity index (χ0) is 18.1. The fourth-order valence-electron chi connectivity index (χ4n) is 3.11. The number of amides is 1. The second-order valence-corrected chi connectivity index (χ2v) is 6.43. The van der Waals surface area contributed by atoms with Gasteiger partial charge in [-0.2, -0.15) is 0 Å². The number of pyridine rings is 1. The van der Waals surface area contributed by atoms with Crippen molar-refractivity contribution in [1.82, 2.24) is 15.3 Å². The second-order valence-electron chi connectivity index (χ2n) is 6.43. The molecular formula is C20H19N3O3. The Morgan fingerprint density at radius 1 is 1.19 bits per heavy atom. The van der Waals surface area contributed by atoms with E-state index in [2.05, 4.69) is 15.3 Å². The van der Waals surface area contributed by atoms with E-state index in [1.807, 2.05) is 24.4 Å². The molecule has 0 spiro atoms. The van der Waals surface area contributed by atoms with Crippen LogP contribution in [-0.2, 0) is 11.3 Å². The van der Waals surface area contributed by atoms with Crippen LogP contribution >= 0.6 is 0 Å². The Balaban J connectivity index is 1.53. The van der Waals surface area contributed by atoms with Crippen LogP contribution in [0.3, 0.4) is 0 Å². The molecule has 26 heavy (non-hydrogen) atoms. The quantitative estimate of drug-likeness (QED) is 0.693. The number of carbonyl (C=O) groups is 2. The molecule has 6 nitrogen and oxygen atoms in total. The van der Waals surface area contributed by atoms with Gasteiger partial charge in [0.15, 0.2) is 0 Å². The van der Waals surface area contributed by atoms with E-state index in [1.54, 1.807) is 18.2 Å². The summed E-state index contributed by atoms with van der Waals surface area (Å²) in [6.07, 6.45) is 3.87. The van der Waals surface area contributed by atoms with Gasteiger partial charge >= 0.3 is 5.97 Å². The van der Waals surface area contributed by atoms with Crippen LogP contribution in [0.15, 0.2) is 42.6 Å². The van der Waals surface area contributed by atoms with Crippen LogP contribution in [0.5, 0.6) is 0 Å². The van der Waals surface area contributed by atoms with E-state index in [4.69, 9.17) is 4.74 Å². The molecule has 0 bridgehead atoms. The highest BCUT2D eigenvalue weighted by Crippen LogP contribution is 2.40. The van der Waals surface area contributed by atoms with E-state index in [-0.39, 0.29) is 11.9 Å². The molecule has 3 aromatic rings. The van der Waals surface area contributed by atoms with Gasteiger partial charge in [-0.1, -0.05) is 12.1 Å². The third kappa shape index (κ3) is 3.06. The standard InChI is InChI=1S/C20H19N3O3/c1-26-20(25)16-8-7-14(23-18(16)13-5-6-13)11-22-19(24)15-4-2-3-12-9-10-21-17(12)15/h2-4,7-10,13,21H,5-6,11H2,1H3,(H,22,24). The van der Waals surface area contributed by atoms with E-state index < -0.39 is 0 Å². The molecule has 0 atom stereocenters. The number of fused-ring (bicyclic) bond motifs is 1. The minimum atomic E-state index is -0.367. The van der Waals surface area contributed by atoms with Crippen molar-refractivity contribution < 1.29 is 14.3 Å². The maximum atomic E-state index is 12.5. The lowest BCUT2D eigenvalue weighted by molar-refractivity contribution is 0.0598. The predicted molar refractivity (Wildman–Crippen MR) is 97.0 cm³/mol. The van der Waals surface area contributed by atoms with Gasteiger partial charge in [-0.3, -0.25) is 9.78 Å². The summed E-state index contributed by atoms with van der Waals surface area (Å²) < 4.78 is 4.83. The van der Waals surface area contributed by atoms with Crippen molar-refractivity contribution in [3.05, 3.63) is 65.1 Å². The second kappa shape index (κ2) is 6.63. The van der Waals surface area contributed by atoms with Gasteiger partial charge in [0.05, 0.1) is 41.7 Å². The fraction of sp³-hybridized carbons (Fsp3) is 0.250. The van der Waals surface area contributed by atoms with Crippen LogP contribution in [0, 0.1) is 0 Å². The molecule has 0 radical (unpaired) electrons. The highest BCUT2D eigenvalue weighted by atomic mass is 16.5. The summed E-state index contributed by atoms with van der Waals surface area (Å²) in [6.45, 7) is 0.303. The third-order valence-corrected chi connectivity index (χ3v) is 4.61. The highest BCUT2D eigenvalue weighted by molar-refractivity contribution is 6.05. The van der Waals surface area contributed by atoms with Crippen molar-refractivity contribution in [3.8, 4) is 0 Å². The monoisotopic (exact) mass is 349 g/mol. The number of nitrogens with zero attached hydrogens (tertiary/aromatic N) is 1. The smallest absolute Gasteiger partial charge is 0.339 e. The SMILES string of the molecule is COC(=O)c1ccc(CNC(=O)c2cccc3cc[nH]c23)nc1C1CC1. The summed E-state index contributed by atoms with van der Waals surface area (Å²) in [7, 11) is 1.37. The van der Waals surface area contributed by atoms with Crippen LogP contribution in [0.1, 0.15) is 50.9 Å². The van der Waals surface area contributed by atoms with E-state index in [9.17, 15) is 9.59 Å². The number of aromatic amines is 1. The Morgan fingerprint density at radius 2 is 2.04 bits per heavy atom. The molecule has 1 amide bonds. The van der Waals surface area contributed by atoms with Crippen LogP contribution in [0.25, 0.3) is 10.9 Å². The molecular weight excluding hydrogens is 330 g/mol. The predicted octanol–water partition coefficient (Wildman–Crippen LogP) is 3.16. The van der Waals surface area contributed by atoms with Gasteiger partial charge in [0.25, 0.3) is 5.91 Å². The number of para-hydroxylation sites is 1. The largest absolute Gasteiger partial charge is 0.465 e. The van der Waals surface area contributed by atoms with Crippen molar-refractivity contribution in [3.63, 3.8) is 0 Å². The van der Waals surface area contributed by atoms with E-state index in [0.717, 1.165) is 35.1 Å². The number of nitrogens with one attached hydrogen (secondary N) is 2. The number of rotatable bonds is 5. The summed E-state index contributed by atoms with van der Waals surface area (Å²) in [5.41, 5.74) is 3.43. The van der Waals surface area contributed by atoms with Crippen molar-refractivity contribution >= 4 is 22.8 Å². The number of methoxy groups -OCH3 is 1.